The molecule has 2 aliphatic rings. The number of likely N-dealkylation sites (tertiary alicyclic amines) is 1. The number of anilines is 2. The van der Waals surface area contributed by atoms with Gasteiger partial charge in [-0.3, -0.25) is 4.79 Å². The van der Waals surface area contributed by atoms with Crippen LogP contribution in [0.5, 0.6) is 0 Å². The molecule has 2 fully saturated rings. The predicted molar refractivity (Wildman–Crippen MR) is 78.9 cm³/mol. The summed E-state index contributed by atoms with van der Waals surface area (Å²) in [6, 6.07) is 0.497. The molecule has 4 N–H and O–H groups in total. The fourth-order valence-electron chi connectivity index (χ4n) is 2.49. The summed E-state index contributed by atoms with van der Waals surface area (Å²) >= 11 is 1.34. The van der Waals surface area contributed by atoms with E-state index >= 15 is 0 Å². The summed E-state index contributed by atoms with van der Waals surface area (Å²) in [5.74, 6) is 0.446. The number of amides is 1. The topological polar surface area (TPSA) is 91.5 Å². The van der Waals surface area contributed by atoms with Gasteiger partial charge in [0.15, 0.2) is 5.13 Å². The molecule has 0 bridgehead atoms. The third-order valence-corrected chi connectivity index (χ3v) is 4.81. The van der Waals surface area contributed by atoms with Crippen LogP contribution >= 0.6 is 11.3 Å². The Labute approximate surface area is 122 Å². The van der Waals surface area contributed by atoms with E-state index in [0.29, 0.717) is 23.3 Å². The zero-order chi connectivity index (χ0) is 14.1. The second-order valence-corrected chi connectivity index (χ2v) is 6.59. The molecule has 1 saturated heterocycles. The number of aliphatic hydroxyl groups is 1. The first-order valence-corrected chi connectivity index (χ1v) is 7.92. The molecule has 1 aliphatic carbocycles. The lowest BCUT2D eigenvalue weighted by Crippen LogP contribution is -2.40. The van der Waals surface area contributed by atoms with E-state index in [1.54, 1.807) is 4.90 Å². The molecule has 110 valence electrons. The minimum atomic E-state index is -0.0537. The van der Waals surface area contributed by atoms with Crippen LogP contribution in [0.25, 0.3) is 0 Å². The number of carbonyl (C=O) groups is 1. The molecule has 1 atom stereocenters. The molecule has 0 radical (unpaired) electrons. The van der Waals surface area contributed by atoms with Gasteiger partial charge in [-0.05, 0) is 31.6 Å². The highest BCUT2D eigenvalue weighted by atomic mass is 32.1. The number of nitrogen functional groups attached to an aromatic ring is 1. The number of hydrogen-bond acceptors (Lipinski definition) is 6. The second-order valence-electron chi connectivity index (χ2n) is 5.59. The highest BCUT2D eigenvalue weighted by molar-refractivity contribution is 7.18. The van der Waals surface area contributed by atoms with Crippen LogP contribution in [0.1, 0.15) is 35.4 Å². The van der Waals surface area contributed by atoms with Crippen LogP contribution in [0.15, 0.2) is 0 Å². The van der Waals surface area contributed by atoms with Crippen molar-refractivity contribution in [3.05, 3.63) is 4.88 Å². The Kier molecular flexibility index (Phi) is 3.80. The van der Waals surface area contributed by atoms with E-state index in [-0.39, 0.29) is 18.4 Å². The minimum Gasteiger partial charge on any atom is -0.396 e. The summed E-state index contributed by atoms with van der Waals surface area (Å²) in [5, 5.41) is 13.3. The number of piperidine rings is 1. The van der Waals surface area contributed by atoms with Crippen molar-refractivity contribution in [1.29, 1.82) is 0 Å². The molecular weight excluding hydrogens is 276 g/mol. The Hall–Kier alpha value is -1.34. The molecule has 3 rings (SSSR count). The van der Waals surface area contributed by atoms with Gasteiger partial charge < -0.3 is 21.1 Å². The van der Waals surface area contributed by atoms with Crippen LogP contribution in [0.4, 0.5) is 10.9 Å². The van der Waals surface area contributed by atoms with Gasteiger partial charge in [0.1, 0.15) is 10.7 Å². The van der Waals surface area contributed by atoms with Gasteiger partial charge in [-0.1, -0.05) is 11.3 Å². The quantitative estimate of drug-likeness (QED) is 0.775. The summed E-state index contributed by atoms with van der Waals surface area (Å²) in [4.78, 5) is 19.0. The zero-order valence-corrected chi connectivity index (χ0v) is 12.2. The van der Waals surface area contributed by atoms with E-state index in [1.165, 1.54) is 11.3 Å². The lowest BCUT2D eigenvalue weighted by atomic mass is 9.99. The SMILES string of the molecule is Nc1nc(NC2CC2)sc1C(=O)N1CCCC(CO)C1. The summed E-state index contributed by atoms with van der Waals surface area (Å²) in [7, 11) is 0. The molecule has 2 heterocycles. The number of nitrogens with one attached hydrogen (secondary N) is 1. The smallest absolute Gasteiger partial charge is 0.267 e. The number of aliphatic hydroxyl groups excluding tert-OH is 1. The Bertz CT molecular complexity index is 501. The van der Waals surface area contributed by atoms with Gasteiger partial charge in [0.25, 0.3) is 5.91 Å². The van der Waals surface area contributed by atoms with Crippen molar-refractivity contribution >= 4 is 28.2 Å². The van der Waals surface area contributed by atoms with Gasteiger partial charge in [0.2, 0.25) is 0 Å². The normalized spacial score (nSPS) is 22.9. The summed E-state index contributed by atoms with van der Waals surface area (Å²) in [6.45, 7) is 1.48. The van der Waals surface area contributed by atoms with Gasteiger partial charge in [0, 0.05) is 25.7 Å². The average Bonchev–Trinajstić information content (AvgIpc) is 3.20. The van der Waals surface area contributed by atoms with E-state index in [0.717, 1.165) is 37.4 Å². The maximum Gasteiger partial charge on any atom is 0.267 e. The molecule has 1 unspecified atom stereocenters. The molecule has 6 nitrogen and oxygen atoms in total. The summed E-state index contributed by atoms with van der Waals surface area (Å²) in [5.41, 5.74) is 5.87. The number of carbonyl (C=O) groups excluding carboxylic acids is 1. The summed E-state index contributed by atoms with van der Waals surface area (Å²) in [6.07, 6.45) is 4.23. The standard InChI is InChI=1S/C13H20N4O2S/c14-11-10(20-13(16-11)15-9-3-4-9)12(19)17-5-1-2-8(6-17)7-18/h8-9,18H,1-7,14H2,(H,15,16). The van der Waals surface area contributed by atoms with Gasteiger partial charge in [0.05, 0.1) is 0 Å². The summed E-state index contributed by atoms with van der Waals surface area (Å²) < 4.78 is 0. The molecule has 0 spiro atoms. The van der Waals surface area contributed by atoms with E-state index in [9.17, 15) is 9.90 Å². The largest absolute Gasteiger partial charge is 0.396 e. The molecule has 1 aromatic heterocycles. The lowest BCUT2D eigenvalue weighted by Gasteiger charge is -2.31. The van der Waals surface area contributed by atoms with Crippen LogP contribution in [-0.2, 0) is 0 Å². The fourth-order valence-corrected chi connectivity index (χ4v) is 3.42. The maximum atomic E-state index is 12.5. The molecule has 1 aromatic rings. The molecule has 0 aromatic carbocycles. The van der Waals surface area contributed by atoms with Crippen molar-refractivity contribution in [2.24, 2.45) is 5.92 Å². The third-order valence-electron chi connectivity index (χ3n) is 3.82. The average molecular weight is 296 g/mol. The van der Waals surface area contributed by atoms with Crippen molar-refractivity contribution in [3.63, 3.8) is 0 Å². The van der Waals surface area contributed by atoms with Gasteiger partial charge in [-0.2, -0.15) is 0 Å². The second kappa shape index (κ2) is 5.57. The third kappa shape index (κ3) is 2.88. The highest BCUT2D eigenvalue weighted by Gasteiger charge is 2.28. The van der Waals surface area contributed by atoms with E-state index in [1.807, 2.05) is 0 Å². The highest BCUT2D eigenvalue weighted by Crippen LogP contribution is 2.32. The molecule has 20 heavy (non-hydrogen) atoms. The van der Waals surface area contributed by atoms with Crippen molar-refractivity contribution in [1.82, 2.24) is 9.88 Å². The van der Waals surface area contributed by atoms with Crippen molar-refractivity contribution in [2.75, 3.05) is 30.7 Å². The predicted octanol–water partition coefficient (Wildman–Crippen LogP) is 1.14. The van der Waals surface area contributed by atoms with Crippen LogP contribution in [0, 0.1) is 5.92 Å². The van der Waals surface area contributed by atoms with Crippen LogP contribution < -0.4 is 11.1 Å². The molecule has 7 heteroatoms. The van der Waals surface area contributed by atoms with Crippen molar-refractivity contribution in [2.45, 2.75) is 31.7 Å². The van der Waals surface area contributed by atoms with Gasteiger partial charge in [-0.25, -0.2) is 4.98 Å². The number of thiazole rings is 1. The first-order chi connectivity index (χ1) is 9.67. The molecular formula is C13H20N4O2S. The number of hydrogen-bond donors (Lipinski definition) is 3. The number of nitrogens with zero attached hydrogens (tertiary/aromatic N) is 2. The van der Waals surface area contributed by atoms with Crippen LogP contribution in [-0.4, -0.2) is 46.6 Å². The Morgan fingerprint density at radius 3 is 3.00 bits per heavy atom. The van der Waals surface area contributed by atoms with Crippen LogP contribution in [0.3, 0.4) is 0 Å². The molecule has 1 aliphatic heterocycles. The first kappa shape index (κ1) is 13.6. The number of nitrogens with two attached hydrogens (primary N) is 1. The molecule has 1 saturated carbocycles. The van der Waals surface area contributed by atoms with Crippen molar-refractivity contribution in [3.8, 4) is 0 Å². The Morgan fingerprint density at radius 2 is 2.30 bits per heavy atom. The zero-order valence-electron chi connectivity index (χ0n) is 11.3. The first-order valence-electron chi connectivity index (χ1n) is 7.10. The monoisotopic (exact) mass is 296 g/mol. The van der Waals surface area contributed by atoms with E-state index in [2.05, 4.69) is 10.3 Å². The van der Waals surface area contributed by atoms with Gasteiger partial charge in [-0.15, -0.1) is 0 Å². The Balaban J connectivity index is 1.70. The Morgan fingerprint density at radius 1 is 1.50 bits per heavy atom. The number of rotatable bonds is 4. The van der Waals surface area contributed by atoms with Gasteiger partial charge >= 0.3 is 0 Å². The van der Waals surface area contributed by atoms with E-state index in [4.69, 9.17) is 5.73 Å². The van der Waals surface area contributed by atoms with Crippen LogP contribution in [0.2, 0.25) is 0 Å². The maximum absolute atomic E-state index is 12.5. The van der Waals surface area contributed by atoms with E-state index < -0.39 is 0 Å². The minimum absolute atomic E-state index is 0.0537. The van der Waals surface area contributed by atoms with Crippen molar-refractivity contribution < 1.29 is 9.90 Å². The molecule has 1 amide bonds. The lowest BCUT2D eigenvalue weighted by molar-refractivity contribution is 0.0626. The fraction of sp³-hybridized carbons (Fsp3) is 0.692. The number of aromatic nitrogens is 1.